The van der Waals surface area contributed by atoms with Crippen LogP contribution in [0.4, 0.5) is 5.95 Å². The Labute approximate surface area is 180 Å². The van der Waals surface area contributed by atoms with Crippen LogP contribution in [0.3, 0.4) is 0 Å². The second kappa shape index (κ2) is 7.77. The van der Waals surface area contributed by atoms with Crippen molar-refractivity contribution in [2.24, 2.45) is 0 Å². The van der Waals surface area contributed by atoms with Crippen molar-refractivity contribution in [2.45, 2.75) is 38.8 Å². The summed E-state index contributed by atoms with van der Waals surface area (Å²) in [6.07, 6.45) is 2.64. The molecular weight excluding hydrogens is 394 g/mol. The zero-order valence-electron chi connectivity index (χ0n) is 17.7. The Hall–Kier alpha value is -3.26. The number of carbonyl (C=O) groups excluding carboxylic acids is 1. The molecule has 2 aromatic heterocycles. The van der Waals surface area contributed by atoms with Gasteiger partial charge in [-0.3, -0.25) is 4.79 Å². The van der Waals surface area contributed by atoms with Crippen molar-refractivity contribution in [3.63, 3.8) is 0 Å². The van der Waals surface area contributed by atoms with E-state index >= 15 is 0 Å². The van der Waals surface area contributed by atoms with Gasteiger partial charge in [0.2, 0.25) is 5.95 Å². The Morgan fingerprint density at radius 1 is 1.26 bits per heavy atom. The SMILES string of the molecule is Cc1noc(C)c1C(=O)N1CC[C@@]2(COCc3cnc(NCc4ccccc4)nc32)C1. The molecule has 1 fully saturated rings. The van der Waals surface area contributed by atoms with E-state index < -0.39 is 0 Å². The van der Waals surface area contributed by atoms with Gasteiger partial charge in [0.15, 0.2) is 0 Å². The Balaban J connectivity index is 1.38. The van der Waals surface area contributed by atoms with Crippen molar-refractivity contribution in [3.05, 3.63) is 70.4 Å². The van der Waals surface area contributed by atoms with Gasteiger partial charge in [-0.15, -0.1) is 0 Å². The summed E-state index contributed by atoms with van der Waals surface area (Å²) in [4.78, 5) is 24.4. The van der Waals surface area contributed by atoms with E-state index in [0.29, 0.717) is 55.8 Å². The van der Waals surface area contributed by atoms with Crippen molar-refractivity contribution in [3.8, 4) is 0 Å². The van der Waals surface area contributed by atoms with Crippen LogP contribution in [0.5, 0.6) is 0 Å². The predicted molar refractivity (Wildman–Crippen MR) is 114 cm³/mol. The van der Waals surface area contributed by atoms with Gasteiger partial charge in [0.1, 0.15) is 11.3 Å². The molecule has 1 aromatic carbocycles. The number of benzene rings is 1. The van der Waals surface area contributed by atoms with Crippen LogP contribution in [-0.4, -0.2) is 45.6 Å². The molecule has 0 aliphatic carbocycles. The summed E-state index contributed by atoms with van der Waals surface area (Å²) in [6.45, 7) is 6.46. The van der Waals surface area contributed by atoms with Gasteiger partial charge >= 0.3 is 0 Å². The predicted octanol–water partition coefficient (Wildman–Crippen LogP) is 3.01. The third-order valence-electron chi connectivity index (χ3n) is 6.18. The smallest absolute Gasteiger partial charge is 0.259 e. The fourth-order valence-electron chi connectivity index (χ4n) is 4.56. The number of anilines is 1. The molecule has 0 unspecified atom stereocenters. The Kier molecular flexibility index (Phi) is 4.94. The molecule has 3 aromatic rings. The molecule has 1 amide bonds. The summed E-state index contributed by atoms with van der Waals surface area (Å²) in [7, 11) is 0. The lowest BCUT2D eigenvalue weighted by Crippen LogP contribution is -2.42. The normalized spacial score (nSPS) is 20.1. The number of ether oxygens (including phenoxy) is 1. The maximum absolute atomic E-state index is 13.2. The van der Waals surface area contributed by atoms with Gasteiger partial charge in [-0.1, -0.05) is 35.5 Å². The van der Waals surface area contributed by atoms with Crippen LogP contribution in [0.1, 0.15) is 45.1 Å². The van der Waals surface area contributed by atoms with Crippen molar-refractivity contribution in [1.29, 1.82) is 0 Å². The highest BCUT2D eigenvalue weighted by atomic mass is 16.5. The molecule has 1 N–H and O–H groups in total. The highest BCUT2D eigenvalue weighted by Crippen LogP contribution is 2.40. The summed E-state index contributed by atoms with van der Waals surface area (Å²) in [6, 6.07) is 10.2. The molecule has 0 radical (unpaired) electrons. The van der Waals surface area contributed by atoms with E-state index in [1.165, 1.54) is 5.56 Å². The zero-order chi connectivity index (χ0) is 21.4. The zero-order valence-corrected chi connectivity index (χ0v) is 17.7. The molecule has 8 nitrogen and oxygen atoms in total. The van der Waals surface area contributed by atoms with Gasteiger partial charge in [-0.25, -0.2) is 9.97 Å². The number of fused-ring (bicyclic) bond motifs is 2. The second-order valence-corrected chi connectivity index (χ2v) is 8.36. The fourth-order valence-corrected chi connectivity index (χ4v) is 4.56. The van der Waals surface area contributed by atoms with Crippen molar-refractivity contribution < 1.29 is 14.1 Å². The number of nitrogens with zero attached hydrogens (tertiary/aromatic N) is 4. The van der Waals surface area contributed by atoms with Crippen molar-refractivity contribution in [2.75, 3.05) is 25.0 Å². The van der Waals surface area contributed by atoms with Gasteiger partial charge in [0.05, 0.1) is 30.0 Å². The Bertz CT molecular complexity index is 1090. The van der Waals surface area contributed by atoms with E-state index in [9.17, 15) is 4.79 Å². The Morgan fingerprint density at radius 2 is 2.10 bits per heavy atom. The summed E-state index contributed by atoms with van der Waals surface area (Å²) in [5.41, 5.74) is 4.00. The third kappa shape index (κ3) is 3.57. The highest BCUT2D eigenvalue weighted by molar-refractivity contribution is 5.96. The number of carbonyl (C=O) groups is 1. The highest BCUT2D eigenvalue weighted by Gasteiger charge is 2.47. The average Bonchev–Trinajstić information content (AvgIpc) is 3.37. The minimum absolute atomic E-state index is 0.0447. The molecule has 2 aliphatic heterocycles. The molecule has 160 valence electrons. The summed E-state index contributed by atoms with van der Waals surface area (Å²) in [5.74, 6) is 1.11. The topological polar surface area (TPSA) is 93.4 Å². The molecule has 31 heavy (non-hydrogen) atoms. The lowest BCUT2D eigenvalue weighted by atomic mass is 9.80. The molecule has 1 saturated heterocycles. The van der Waals surface area contributed by atoms with E-state index in [0.717, 1.165) is 17.7 Å². The number of aromatic nitrogens is 3. The number of hydrogen-bond donors (Lipinski definition) is 1. The second-order valence-electron chi connectivity index (χ2n) is 8.36. The molecule has 1 atom stereocenters. The summed E-state index contributed by atoms with van der Waals surface area (Å²) < 4.78 is 11.1. The monoisotopic (exact) mass is 419 g/mol. The lowest BCUT2D eigenvalue weighted by Gasteiger charge is -2.34. The first-order chi connectivity index (χ1) is 15.1. The molecular formula is C23H25N5O3. The van der Waals surface area contributed by atoms with Crippen LogP contribution in [0, 0.1) is 13.8 Å². The van der Waals surface area contributed by atoms with Gasteiger partial charge in [0, 0.05) is 31.4 Å². The number of amides is 1. The molecule has 1 spiro atoms. The molecule has 0 saturated carbocycles. The van der Waals surface area contributed by atoms with Crippen LogP contribution in [0.25, 0.3) is 0 Å². The van der Waals surface area contributed by atoms with Crippen LogP contribution in [0.2, 0.25) is 0 Å². The molecule has 0 bridgehead atoms. The number of rotatable bonds is 4. The standard InChI is InChI=1S/C23H25N5O3/c1-15-19(16(2)31-27-15)21(29)28-9-8-23(13-28)14-30-12-18-11-25-22(26-20(18)23)24-10-17-6-4-3-5-7-17/h3-7,11H,8-10,12-14H2,1-2H3,(H,24,25,26)/t23-/m0/s1. The third-order valence-corrected chi connectivity index (χ3v) is 6.18. The molecule has 5 rings (SSSR count). The van der Waals surface area contributed by atoms with Gasteiger partial charge < -0.3 is 19.5 Å². The number of nitrogens with one attached hydrogen (secondary N) is 1. The maximum atomic E-state index is 13.2. The lowest BCUT2D eigenvalue weighted by molar-refractivity contribution is 0.0484. The van der Waals surface area contributed by atoms with E-state index in [1.54, 1.807) is 13.8 Å². The first-order valence-corrected chi connectivity index (χ1v) is 10.5. The van der Waals surface area contributed by atoms with E-state index in [4.69, 9.17) is 14.2 Å². The number of likely N-dealkylation sites (tertiary alicyclic amines) is 1. The minimum Gasteiger partial charge on any atom is -0.376 e. The largest absolute Gasteiger partial charge is 0.376 e. The first-order valence-electron chi connectivity index (χ1n) is 10.5. The molecule has 8 heteroatoms. The van der Waals surface area contributed by atoms with Crippen molar-refractivity contribution in [1.82, 2.24) is 20.0 Å². The average molecular weight is 419 g/mol. The quantitative estimate of drug-likeness (QED) is 0.695. The van der Waals surface area contributed by atoms with E-state index in [-0.39, 0.29) is 11.3 Å². The van der Waals surface area contributed by atoms with Crippen LogP contribution >= 0.6 is 0 Å². The number of hydrogen-bond acceptors (Lipinski definition) is 7. The van der Waals surface area contributed by atoms with Crippen LogP contribution < -0.4 is 5.32 Å². The van der Waals surface area contributed by atoms with E-state index in [1.807, 2.05) is 29.3 Å². The minimum atomic E-state index is -0.325. The Morgan fingerprint density at radius 3 is 2.87 bits per heavy atom. The summed E-state index contributed by atoms with van der Waals surface area (Å²) in [5, 5.41) is 7.25. The summed E-state index contributed by atoms with van der Waals surface area (Å²) >= 11 is 0. The maximum Gasteiger partial charge on any atom is 0.259 e. The number of aryl methyl sites for hydroxylation is 2. The van der Waals surface area contributed by atoms with Crippen LogP contribution in [0.15, 0.2) is 41.1 Å². The van der Waals surface area contributed by atoms with Gasteiger partial charge in [0.25, 0.3) is 5.91 Å². The first kappa shape index (κ1) is 19.7. The van der Waals surface area contributed by atoms with E-state index in [2.05, 4.69) is 27.6 Å². The van der Waals surface area contributed by atoms with Gasteiger partial charge in [-0.2, -0.15) is 0 Å². The molecule has 2 aliphatic rings. The molecule has 4 heterocycles. The van der Waals surface area contributed by atoms with Crippen molar-refractivity contribution >= 4 is 11.9 Å². The van der Waals surface area contributed by atoms with Crippen LogP contribution in [-0.2, 0) is 23.3 Å². The van der Waals surface area contributed by atoms with Gasteiger partial charge in [-0.05, 0) is 25.8 Å². The fraction of sp³-hybridized carbons (Fsp3) is 0.391.